The van der Waals surface area contributed by atoms with Gasteiger partial charge in [-0.15, -0.1) is 0 Å². The maximum absolute atomic E-state index is 10.4. The first-order valence-electron chi connectivity index (χ1n) is 6.02. The fraction of sp³-hybridized carbons (Fsp3) is 0.917. The van der Waals surface area contributed by atoms with Gasteiger partial charge in [-0.2, -0.15) is 0 Å². The van der Waals surface area contributed by atoms with Crippen LogP contribution in [0.3, 0.4) is 0 Å². The molecule has 15 heavy (non-hydrogen) atoms. The van der Waals surface area contributed by atoms with E-state index in [4.69, 9.17) is 5.11 Å². The van der Waals surface area contributed by atoms with E-state index in [1.54, 1.807) is 0 Å². The van der Waals surface area contributed by atoms with Crippen molar-refractivity contribution in [2.24, 2.45) is 11.8 Å². The van der Waals surface area contributed by atoms with Crippen molar-refractivity contribution >= 4 is 5.97 Å². The smallest absolute Gasteiger partial charge is 0.304 e. The maximum Gasteiger partial charge on any atom is 0.304 e. The number of hydrogen-bond donors (Lipinski definition) is 1. The molecule has 3 nitrogen and oxygen atoms in total. The van der Waals surface area contributed by atoms with E-state index in [9.17, 15) is 4.79 Å². The second-order valence-corrected chi connectivity index (χ2v) is 5.06. The monoisotopic (exact) mass is 213 g/mol. The summed E-state index contributed by atoms with van der Waals surface area (Å²) in [5, 5.41) is 8.59. The molecule has 1 rings (SSSR count). The lowest BCUT2D eigenvalue weighted by Crippen LogP contribution is -2.35. The number of hydrogen-bond acceptors (Lipinski definition) is 2. The molecule has 1 aliphatic heterocycles. The van der Waals surface area contributed by atoms with E-state index in [-0.39, 0.29) is 6.42 Å². The third kappa shape index (κ3) is 5.17. The Labute approximate surface area is 92.5 Å². The summed E-state index contributed by atoms with van der Waals surface area (Å²) in [6.07, 6.45) is 4.11. The van der Waals surface area contributed by atoms with Crippen LogP contribution in [0.15, 0.2) is 0 Å². The van der Waals surface area contributed by atoms with E-state index in [1.165, 1.54) is 19.3 Å². The molecule has 88 valence electrons. The van der Waals surface area contributed by atoms with Crippen molar-refractivity contribution in [1.29, 1.82) is 0 Å². The van der Waals surface area contributed by atoms with E-state index >= 15 is 0 Å². The molecule has 3 heteroatoms. The minimum atomic E-state index is -0.681. The molecule has 0 unspecified atom stereocenters. The Bertz CT molecular complexity index is 196. The van der Waals surface area contributed by atoms with Gasteiger partial charge in [0.1, 0.15) is 0 Å². The molecule has 0 aromatic rings. The van der Waals surface area contributed by atoms with Crippen LogP contribution in [0.2, 0.25) is 0 Å². The van der Waals surface area contributed by atoms with E-state index in [0.717, 1.165) is 31.5 Å². The standard InChI is InChI=1S/C12H23NO2/c1-10(2)9-11-3-6-13(7-4-11)8-5-12(14)15/h10-11H,3-9H2,1-2H3,(H,14,15). The highest BCUT2D eigenvalue weighted by Crippen LogP contribution is 2.23. The number of piperidine rings is 1. The Morgan fingerprint density at radius 1 is 1.40 bits per heavy atom. The number of carboxylic acid groups (broad SMARTS) is 1. The van der Waals surface area contributed by atoms with Crippen molar-refractivity contribution in [3.63, 3.8) is 0 Å². The third-order valence-electron chi connectivity index (χ3n) is 3.15. The van der Waals surface area contributed by atoms with Crippen molar-refractivity contribution in [1.82, 2.24) is 4.90 Å². The Morgan fingerprint density at radius 3 is 2.47 bits per heavy atom. The number of nitrogens with zero attached hydrogens (tertiary/aromatic N) is 1. The first kappa shape index (κ1) is 12.5. The van der Waals surface area contributed by atoms with Gasteiger partial charge in [0.2, 0.25) is 0 Å². The molecule has 0 radical (unpaired) electrons. The molecule has 1 heterocycles. The van der Waals surface area contributed by atoms with Gasteiger partial charge in [-0.05, 0) is 44.2 Å². The number of carboxylic acids is 1. The Morgan fingerprint density at radius 2 is 2.00 bits per heavy atom. The lowest BCUT2D eigenvalue weighted by atomic mass is 9.88. The first-order valence-corrected chi connectivity index (χ1v) is 6.02. The van der Waals surface area contributed by atoms with Crippen LogP contribution >= 0.6 is 0 Å². The van der Waals surface area contributed by atoms with Crippen LogP contribution < -0.4 is 0 Å². The van der Waals surface area contributed by atoms with Gasteiger partial charge in [0, 0.05) is 6.54 Å². The van der Waals surface area contributed by atoms with Gasteiger partial charge >= 0.3 is 5.97 Å². The van der Waals surface area contributed by atoms with E-state index in [2.05, 4.69) is 18.7 Å². The summed E-state index contributed by atoms with van der Waals surface area (Å²) >= 11 is 0. The van der Waals surface area contributed by atoms with E-state index in [0.29, 0.717) is 0 Å². The largest absolute Gasteiger partial charge is 0.481 e. The highest BCUT2D eigenvalue weighted by molar-refractivity contribution is 5.66. The first-order chi connectivity index (χ1) is 7.08. The van der Waals surface area contributed by atoms with Crippen LogP contribution in [0.5, 0.6) is 0 Å². The predicted molar refractivity (Wildman–Crippen MR) is 60.9 cm³/mol. The summed E-state index contributed by atoms with van der Waals surface area (Å²) in [5.74, 6) is 0.978. The Kier molecular flexibility index (Phi) is 5.09. The van der Waals surface area contributed by atoms with E-state index < -0.39 is 5.97 Å². The molecule has 0 aromatic heterocycles. The summed E-state index contributed by atoms with van der Waals surface area (Å²) in [4.78, 5) is 12.7. The zero-order chi connectivity index (χ0) is 11.3. The van der Waals surface area contributed by atoms with Crippen molar-refractivity contribution in [2.45, 2.75) is 39.5 Å². The second kappa shape index (κ2) is 6.11. The molecule has 1 saturated heterocycles. The quantitative estimate of drug-likeness (QED) is 0.761. The molecule has 0 aliphatic carbocycles. The van der Waals surface area contributed by atoms with Gasteiger partial charge in [-0.1, -0.05) is 13.8 Å². The second-order valence-electron chi connectivity index (χ2n) is 5.06. The van der Waals surface area contributed by atoms with Gasteiger partial charge in [-0.3, -0.25) is 4.79 Å². The molecule has 0 atom stereocenters. The minimum absolute atomic E-state index is 0.287. The number of aliphatic carboxylic acids is 1. The molecule has 1 N–H and O–H groups in total. The summed E-state index contributed by atoms with van der Waals surface area (Å²) in [7, 11) is 0. The minimum Gasteiger partial charge on any atom is -0.481 e. The number of rotatable bonds is 5. The zero-order valence-electron chi connectivity index (χ0n) is 9.91. The summed E-state index contributed by atoms with van der Waals surface area (Å²) in [5.41, 5.74) is 0. The van der Waals surface area contributed by atoms with Crippen LogP contribution in [0, 0.1) is 11.8 Å². The maximum atomic E-state index is 10.4. The van der Waals surface area contributed by atoms with Gasteiger partial charge < -0.3 is 10.0 Å². The van der Waals surface area contributed by atoms with Crippen LogP contribution in [0.25, 0.3) is 0 Å². The molecular weight excluding hydrogens is 190 g/mol. The zero-order valence-corrected chi connectivity index (χ0v) is 9.91. The van der Waals surface area contributed by atoms with Crippen LogP contribution in [0.4, 0.5) is 0 Å². The van der Waals surface area contributed by atoms with Gasteiger partial charge in [-0.25, -0.2) is 0 Å². The Hall–Kier alpha value is -0.570. The normalized spacial score (nSPS) is 19.7. The lowest BCUT2D eigenvalue weighted by molar-refractivity contribution is -0.137. The highest BCUT2D eigenvalue weighted by atomic mass is 16.4. The summed E-state index contributed by atoms with van der Waals surface area (Å²) < 4.78 is 0. The van der Waals surface area contributed by atoms with Crippen molar-refractivity contribution in [2.75, 3.05) is 19.6 Å². The number of carbonyl (C=O) groups is 1. The molecule has 0 spiro atoms. The molecular formula is C12H23NO2. The summed E-state index contributed by atoms with van der Waals surface area (Å²) in [6, 6.07) is 0. The van der Waals surface area contributed by atoms with Crippen molar-refractivity contribution < 1.29 is 9.90 Å². The molecule has 0 amide bonds. The SMILES string of the molecule is CC(C)CC1CCN(CCC(=O)O)CC1. The topological polar surface area (TPSA) is 40.5 Å². The average Bonchev–Trinajstić information content (AvgIpc) is 2.16. The molecule has 0 saturated carbocycles. The van der Waals surface area contributed by atoms with Crippen molar-refractivity contribution in [3.05, 3.63) is 0 Å². The molecule has 1 fully saturated rings. The van der Waals surface area contributed by atoms with Crippen LogP contribution in [-0.4, -0.2) is 35.6 Å². The lowest BCUT2D eigenvalue weighted by Gasteiger charge is -2.32. The predicted octanol–water partition coefficient (Wildman–Crippen LogP) is 2.22. The van der Waals surface area contributed by atoms with Crippen LogP contribution in [-0.2, 0) is 4.79 Å². The fourth-order valence-corrected chi connectivity index (χ4v) is 2.37. The van der Waals surface area contributed by atoms with Gasteiger partial charge in [0.15, 0.2) is 0 Å². The van der Waals surface area contributed by atoms with Crippen LogP contribution in [0.1, 0.15) is 39.5 Å². The van der Waals surface area contributed by atoms with Crippen molar-refractivity contribution in [3.8, 4) is 0 Å². The molecule has 1 aliphatic rings. The molecule has 0 bridgehead atoms. The number of likely N-dealkylation sites (tertiary alicyclic amines) is 1. The average molecular weight is 213 g/mol. The highest BCUT2D eigenvalue weighted by Gasteiger charge is 2.19. The van der Waals surface area contributed by atoms with E-state index in [1.807, 2.05) is 0 Å². The third-order valence-corrected chi connectivity index (χ3v) is 3.15. The Balaban J connectivity index is 2.15. The van der Waals surface area contributed by atoms with Gasteiger partial charge in [0.05, 0.1) is 6.42 Å². The summed E-state index contributed by atoms with van der Waals surface area (Å²) in [6.45, 7) is 7.45. The van der Waals surface area contributed by atoms with Gasteiger partial charge in [0.25, 0.3) is 0 Å². The molecule has 0 aromatic carbocycles. The fourth-order valence-electron chi connectivity index (χ4n) is 2.37.